The van der Waals surface area contributed by atoms with Crippen molar-refractivity contribution in [3.63, 3.8) is 0 Å². The molecule has 0 saturated carbocycles. The Morgan fingerprint density at radius 3 is 2.38 bits per heavy atom. The summed E-state index contributed by atoms with van der Waals surface area (Å²) in [5, 5.41) is 13.2. The number of imide groups is 1. The first-order valence-electron chi connectivity index (χ1n) is 7.17. The van der Waals surface area contributed by atoms with Gasteiger partial charge in [-0.1, -0.05) is 6.07 Å². The molecular formula is C16H9F2N3O5. The van der Waals surface area contributed by atoms with E-state index in [1.54, 1.807) is 0 Å². The molecule has 1 heterocycles. The van der Waals surface area contributed by atoms with E-state index in [0.29, 0.717) is 11.0 Å². The van der Waals surface area contributed by atoms with Gasteiger partial charge in [-0.15, -0.1) is 0 Å². The smallest absolute Gasteiger partial charge is 0.282 e. The molecule has 1 N–H and O–H groups in total. The SMILES string of the molecule is O=C(CN1C(=O)c2cccc([N+](=O)[O-])c2C1=O)Nc1cc(F)cc(F)c1. The van der Waals surface area contributed by atoms with E-state index in [0.717, 1.165) is 18.2 Å². The van der Waals surface area contributed by atoms with Crippen LogP contribution >= 0.6 is 0 Å². The number of nitro groups is 1. The van der Waals surface area contributed by atoms with Gasteiger partial charge in [0.2, 0.25) is 5.91 Å². The molecule has 0 aliphatic carbocycles. The first-order chi connectivity index (χ1) is 12.3. The predicted octanol–water partition coefficient (Wildman–Crippen LogP) is 2.11. The number of carbonyl (C=O) groups excluding carboxylic acids is 3. The van der Waals surface area contributed by atoms with Crippen molar-refractivity contribution < 1.29 is 28.1 Å². The van der Waals surface area contributed by atoms with Crippen molar-refractivity contribution in [3.8, 4) is 0 Å². The van der Waals surface area contributed by atoms with Crippen LogP contribution in [-0.2, 0) is 4.79 Å². The number of fused-ring (bicyclic) bond motifs is 1. The third-order valence-corrected chi connectivity index (χ3v) is 3.62. The van der Waals surface area contributed by atoms with E-state index in [1.165, 1.54) is 12.1 Å². The molecule has 26 heavy (non-hydrogen) atoms. The highest BCUT2D eigenvalue weighted by Crippen LogP contribution is 2.30. The first-order valence-corrected chi connectivity index (χ1v) is 7.17. The lowest BCUT2D eigenvalue weighted by Gasteiger charge is -2.13. The Balaban J connectivity index is 1.82. The van der Waals surface area contributed by atoms with Crippen LogP contribution < -0.4 is 5.32 Å². The standard InChI is InChI=1S/C16H9F2N3O5/c17-8-4-9(18)6-10(5-8)19-13(22)7-20-15(23)11-2-1-3-12(21(25)26)14(11)16(20)24/h1-6H,7H2,(H,19,22). The second-order valence-electron chi connectivity index (χ2n) is 5.36. The Hall–Kier alpha value is -3.69. The van der Waals surface area contributed by atoms with Gasteiger partial charge in [-0.3, -0.25) is 29.4 Å². The van der Waals surface area contributed by atoms with E-state index in [9.17, 15) is 33.3 Å². The zero-order valence-electron chi connectivity index (χ0n) is 12.9. The molecule has 0 spiro atoms. The van der Waals surface area contributed by atoms with Crippen LogP contribution in [0.1, 0.15) is 20.7 Å². The van der Waals surface area contributed by atoms with Crippen molar-refractivity contribution in [1.82, 2.24) is 4.90 Å². The van der Waals surface area contributed by atoms with Crippen molar-refractivity contribution in [2.75, 3.05) is 11.9 Å². The van der Waals surface area contributed by atoms with Crippen molar-refractivity contribution in [2.45, 2.75) is 0 Å². The average Bonchev–Trinajstić information content (AvgIpc) is 2.79. The normalized spacial score (nSPS) is 12.9. The van der Waals surface area contributed by atoms with Crippen LogP contribution in [0.3, 0.4) is 0 Å². The average molecular weight is 361 g/mol. The molecule has 10 heteroatoms. The van der Waals surface area contributed by atoms with Crippen molar-refractivity contribution in [1.29, 1.82) is 0 Å². The van der Waals surface area contributed by atoms with Gasteiger partial charge in [0.15, 0.2) is 0 Å². The topological polar surface area (TPSA) is 110 Å². The van der Waals surface area contributed by atoms with E-state index in [2.05, 4.69) is 5.32 Å². The van der Waals surface area contributed by atoms with E-state index in [4.69, 9.17) is 0 Å². The zero-order chi connectivity index (χ0) is 19.0. The Morgan fingerprint density at radius 2 is 1.77 bits per heavy atom. The fraction of sp³-hybridized carbons (Fsp3) is 0.0625. The molecule has 3 amide bonds. The molecule has 0 aromatic heterocycles. The summed E-state index contributed by atoms with van der Waals surface area (Å²) in [4.78, 5) is 47.4. The number of hydrogen-bond donors (Lipinski definition) is 1. The number of halogens is 2. The molecule has 0 saturated heterocycles. The number of rotatable bonds is 4. The molecule has 8 nitrogen and oxygen atoms in total. The quantitative estimate of drug-likeness (QED) is 0.509. The number of carbonyl (C=O) groups is 3. The van der Waals surface area contributed by atoms with E-state index in [-0.39, 0.29) is 11.3 Å². The fourth-order valence-corrected chi connectivity index (χ4v) is 2.58. The monoisotopic (exact) mass is 361 g/mol. The lowest BCUT2D eigenvalue weighted by molar-refractivity contribution is -0.385. The minimum absolute atomic E-state index is 0.186. The van der Waals surface area contributed by atoms with Crippen LogP contribution in [0.25, 0.3) is 0 Å². The van der Waals surface area contributed by atoms with Crippen molar-refractivity contribution >= 4 is 29.1 Å². The van der Waals surface area contributed by atoms with Gasteiger partial charge in [-0.25, -0.2) is 8.78 Å². The summed E-state index contributed by atoms with van der Waals surface area (Å²) in [5.74, 6) is -4.59. The van der Waals surface area contributed by atoms with Crippen LogP contribution in [0.15, 0.2) is 36.4 Å². The summed E-state index contributed by atoms with van der Waals surface area (Å²) in [6, 6.07) is 5.88. The third-order valence-electron chi connectivity index (χ3n) is 3.62. The maximum absolute atomic E-state index is 13.1. The van der Waals surface area contributed by atoms with Crippen molar-refractivity contribution in [3.05, 3.63) is 69.3 Å². The highest BCUT2D eigenvalue weighted by Gasteiger charge is 2.41. The Kier molecular flexibility index (Phi) is 4.16. The summed E-state index contributed by atoms with van der Waals surface area (Å²) < 4.78 is 26.3. The molecule has 0 atom stereocenters. The van der Waals surface area contributed by atoms with E-state index in [1.807, 2.05) is 0 Å². The molecule has 132 valence electrons. The first kappa shape index (κ1) is 17.1. The maximum atomic E-state index is 13.1. The predicted molar refractivity (Wildman–Crippen MR) is 83.5 cm³/mol. The highest BCUT2D eigenvalue weighted by atomic mass is 19.1. The molecule has 1 aliphatic heterocycles. The number of hydrogen-bond acceptors (Lipinski definition) is 5. The minimum Gasteiger partial charge on any atom is -0.324 e. The third kappa shape index (κ3) is 2.99. The Morgan fingerprint density at radius 1 is 1.12 bits per heavy atom. The van der Waals surface area contributed by atoms with Gasteiger partial charge in [0.05, 0.1) is 10.5 Å². The van der Waals surface area contributed by atoms with E-state index < -0.39 is 52.1 Å². The summed E-state index contributed by atoms with van der Waals surface area (Å²) in [6.07, 6.45) is 0. The highest BCUT2D eigenvalue weighted by molar-refractivity contribution is 6.24. The number of nitrogens with zero attached hydrogens (tertiary/aromatic N) is 2. The summed E-state index contributed by atoms with van der Waals surface area (Å²) in [7, 11) is 0. The zero-order valence-corrected chi connectivity index (χ0v) is 12.9. The molecule has 0 fully saturated rings. The summed E-state index contributed by atoms with van der Waals surface area (Å²) >= 11 is 0. The van der Waals surface area contributed by atoms with Crippen LogP contribution in [0.2, 0.25) is 0 Å². The number of anilines is 1. The van der Waals surface area contributed by atoms with Crippen LogP contribution in [0.4, 0.5) is 20.2 Å². The van der Waals surface area contributed by atoms with Crippen LogP contribution in [0, 0.1) is 21.7 Å². The fourth-order valence-electron chi connectivity index (χ4n) is 2.58. The molecule has 0 bridgehead atoms. The number of benzene rings is 2. The number of nitrogens with one attached hydrogen (secondary N) is 1. The lowest BCUT2D eigenvalue weighted by atomic mass is 10.1. The van der Waals surface area contributed by atoms with Crippen molar-refractivity contribution in [2.24, 2.45) is 0 Å². The van der Waals surface area contributed by atoms with Gasteiger partial charge < -0.3 is 5.32 Å². The summed E-state index contributed by atoms with van der Waals surface area (Å²) in [5.41, 5.74) is -1.33. The van der Waals surface area contributed by atoms with Crippen LogP contribution in [0.5, 0.6) is 0 Å². The molecule has 0 unspecified atom stereocenters. The molecule has 0 radical (unpaired) electrons. The second-order valence-corrected chi connectivity index (χ2v) is 5.36. The Labute approximate surface area is 144 Å². The molecule has 2 aromatic carbocycles. The van der Waals surface area contributed by atoms with Gasteiger partial charge in [-0.05, 0) is 18.2 Å². The molecule has 3 rings (SSSR count). The number of nitro benzene ring substituents is 1. The summed E-state index contributed by atoms with van der Waals surface area (Å²) in [6.45, 7) is -0.762. The largest absolute Gasteiger partial charge is 0.324 e. The second kappa shape index (κ2) is 6.31. The van der Waals surface area contributed by atoms with Gasteiger partial charge in [0.1, 0.15) is 23.7 Å². The molecule has 1 aliphatic rings. The molecular weight excluding hydrogens is 352 g/mol. The van der Waals surface area contributed by atoms with E-state index >= 15 is 0 Å². The maximum Gasteiger partial charge on any atom is 0.282 e. The number of amides is 3. The van der Waals surface area contributed by atoms with Gasteiger partial charge in [-0.2, -0.15) is 0 Å². The van der Waals surface area contributed by atoms with Crippen LogP contribution in [-0.4, -0.2) is 34.1 Å². The Bertz CT molecular complexity index is 956. The van der Waals surface area contributed by atoms with Gasteiger partial charge in [0, 0.05) is 17.8 Å². The lowest BCUT2D eigenvalue weighted by Crippen LogP contribution is -2.37. The van der Waals surface area contributed by atoms with Gasteiger partial charge >= 0.3 is 0 Å². The minimum atomic E-state index is -0.988. The molecule has 2 aromatic rings. The van der Waals surface area contributed by atoms with Gasteiger partial charge in [0.25, 0.3) is 17.5 Å².